The van der Waals surface area contributed by atoms with Crippen molar-refractivity contribution in [2.24, 2.45) is 23.5 Å². The van der Waals surface area contributed by atoms with Gasteiger partial charge in [-0.1, -0.05) is 52.4 Å². The van der Waals surface area contributed by atoms with Crippen LogP contribution in [0.4, 0.5) is 0 Å². The SMILES string of the molecule is CC(C)C1CCCC(N)(CCC2CCCC2)C1. The normalized spacial score (nSPS) is 35.6. The number of hydrogen-bond acceptors (Lipinski definition) is 1. The predicted octanol–water partition coefficient (Wildman–Crippen LogP) is 4.50. The molecule has 1 nitrogen and oxygen atoms in total. The third-order valence-corrected chi connectivity index (χ3v) is 5.39. The van der Waals surface area contributed by atoms with Crippen molar-refractivity contribution in [2.75, 3.05) is 0 Å². The maximum atomic E-state index is 6.67. The molecule has 2 atom stereocenters. The van der Waals surface area contributed by atoms with Crippen LogP contribution < -0.4 is 5.73 Å². The molecule has 2 aliphatic rings. The van der Waals surface area contributed by atoms with Crippen LogP contribution >= 0.6 is 0 Å². The monoisotopic (exact) mass is 237 g/mol. The molecule has 0 aromatic heterocycles. The lowest BCUT2D eigenvalue weighted by Crippen LogP contribution is -2.45. The van der Waals surface area contributed by atoms with Gasteiger partial charge in [0.2, 0.25) is 0 Å². The first-order chi connectivity index (χ1) is 8.09. The van der Waals surface area contributed by atoms with Crippen LogP contribution in [0.3, 0.4) is 0 Å². The number of hydrogen-bond donors (Lipinski definition) is 1. The van der Waals surface area contributed by atoms with E-state index in [1.54, 1.807) is 0 Å². The largest absolute Gasteiger partial charge is 0.325 e. The Morgan fingerprint density at radius 3 is 2.47 bits per heavy atom. The van der Waals surface area contributed by atoms with E-state index in [0.717, 1.165) is 17.8 Å². The molecule has 0 amide bonds. The lowest BCUT2D eigenvalue weighted by molar-refractivity contribution is 0.166. The van der Waals surface area contributed by atoms with Crippen molar-refractivity contribution in [3.63, 3.8) is 0 Å². The first-order valence-electron chi connectivity index (χ1n) is 7.88. The summed E-state index contributed by atoms with van der Waals surface area (Å²) in [6, 6.07) is 0. The lowest BCUT2D eigenvalue weighted by atomic mass is 9.70. The number of nitrogens with two attached hydrogens (primary N) is 1. The fourth-order valence-corrected chi connectivity index (χ4v) is 4.03. The topological polar surface area (TPSA) is 26.0 Å². The van der Waals surface area contributed by atoms with E-state index < -0.39 is 0 Å². The molecular formula is C16H31N. The van der Waals surface area contributed by atoms with Gasteiger partial charge < -0.3 is 5.73 Å². The Balaban J connectivity index is 1.80. The molecule has 0 bridgehead atoms. The average Bonchev–Trinajstić information content (AvgIpc) is 2.79. The fourth-order valence-electron chi connectivity index (χ4n) is 4.03. The van der Waals surface area contributed by atoms with Gasteiger partial charge in [-0.05, 0) is 43.4 Å². The van der Waals surface area contributed by atoms with Crippen LogP contribution in [0.2, 0.25) is 0 Å². The van der Waals surface area contributed by atoms with Gasteiger partial charge in [-0.3, -0.25) is 0 Å². The zero-order valence-corrected chi connectivity index (χ0v) is 11.9. The maximum absolute atomic E-state index is 6.67. The molecule has 0 radical (unpaired) electrons. The second kappa shape index (κ2) is 5.73. The molecule has 0 aliphatic heterocycles. The average molecular weight is 237 g/mol. The molecule has 0 heterocycles. The smallest absolute Gasteiger partial charge is 0.0157 e. The van der Waals surface area contributed by atoms with E-state index >= 15 is 0 Å². The summed E-state index contributed by atoms with van der Waals surface area (Å²) in [4.78, 5) is 0. The molecule has 2 rings (SSSR count). The zero-order chi connectivity index (χ0) is 12.3. The highest BCUT2D eigenvalue weighted by Gasteiger charge is 2.34. The Kier molecular flexibility index (Phi) is 4.52. The minimum atomic E-state index is 0.190. The molecule has 1 heteroatoms. The van der Waals surface area contributed by atoms with Crippen LogP contribution in [0.15, 0.2) is 0 Å². The van der Waals surface area contributed by atoms with Gasteiger partial charge in [0, 0.05) is 5.54 Å². The second-order valence-electron chi connectivity index (χ2n) is 7.15. The summed E-state index contributed by atoms with van der Waals surface area (Å²) in [5, 5.41) is 0. The third-order valence-electron chi connectivity index (χ3n) is 5.39. The van der Waals surface area contributed by atoms with Gasteiger partial charge in [0.25, 0.3) is 0 Å². The van der Waals surface area contributed by atoms with E-state index in [9.17, 15) is 0 Å². The summed E-state index contributed by atoms with van der Waals surface area (Å²) < 4.78 is 0. The Labute approximate surface area is 108 Å². The molecule has 0 saturated heterocycles. The first-order valence-corrected chi connectivity index (χ1v) is 7.88. The standard InChI is InChI=1S/C16H31N/c1-13(2)15-8-5-10-16(17,12-15)11-9-14-6-3-4-7-14/h13-15H,3-12,17H2,1-2H3. The van der Waals surface area contributed by atoms with E-state index in [1.165, 1.54) is 64.2 Å². The van der Waals surface area contributed by atoms with Gasteiger partial charge >= 0.3 is 0 Å². The van der Waals surface area contributed by atoms with E-state index in [0.29, 0.717) is 0 Å². The lowest BCUT2D eigenvalue weighted by Gasteiger charge is -2.40. The van der Waals surface area contributed by atoms with Gasteiger partial charge in [0.15, 0.2) is 0 Å². The highest BCUT2D eigenvalue weighted by molar-refractivity contribution is 4.92. The molecule has 2 aliphatic carbocycles. The molecule has 0 aromatic carbocycles. The van der Waals surface area contributed by atoms with Gasteiger partial charge in [-0.15, -0.1) is 0 Å². The Morgan fingerprint density at radius 2 is 1.82 bits per heavy atom. The molecule has 0 aromatic rings. The van der Waals surface area contributed by atoms with Crippen molar-refractivity contribution in [3.8, 4) is 0 Å². The van der Waals surface area contributed by atoms with E-state index in [1.807, 2.05) is 0 Å². The van der Waals surface area contributed by atoms with Crippen LogP contribution in [-0.2, 0) is 0 Å². The highest BCUT2D eigenvalue weighted by Crippen LogP contribution is 2.39. The summed E-state index contributed by atoms with van der Waals surface area (Å²) in [6.07, 6.45) is 13.9. The minimum Gasteiger partial charge on any atom is -0.325 e. The second-order valence-corrected chi connectivity index (χ2v) is 7.15. The summed E-state index contributed by atoms with van der Waals surface area (Å²) >= 11 is 0. The minimum absolute atomic E-state index is 0.190. The molecule has 0 spiro atoms. The molecule has 2 saturated carbocycles. The van der Waals surface area contributed by atoms with Crippen LogP contribution in [0, 0.1) is 17.8 Å². The molecule has 2 unspecified atom stereocenters. The summed E-state index contributed by atoms with van der Waals surface area (Å²) in [5.74, 6) is 2.72. The van der Waals surface area contributed by atoms with Crippen LogP contribution in [0.1, 0.15) is 78.1 Å². The van der Waals surface area contributed by atoms with Crippen molar-refractivity contribution in [1.82, 2.24) is 0 Å². The van der Waals surface area contributed by atoms with Crippen molar-refractivity contribution >= 4 is 0 Å². The van der Waals surface area contributed by atoms with Crippen molar-refractivity contribution in [2.45, 2.75) is 83.6 Å². The first kappa shape index (κ1) is 13.4. The van der Waals surface area contributed by atoms with E-state index in [2.05, 4.69) is 13.8 Å². The van der Waals surface area contributed by atoms with Crippen molar-refractivity contribution < 1.29 is 0 Å². The number of rotatable bonds is 4. The van der Waals surface area contributed by atoms with E-state index in [4.69, 9.17) is 5.73 Å². The molecule has 2 N–H and O–H groups in total. The fraction of sp³-hybridized carbons (Fsp3) is 1.00. The van der Waals surface area contributed by atoms with Gasteiger partial charge in [0.1, 0.15) is 0 Å². The highest BCUT2D eigenvalue weighted by atomic mass is 14.7. The molecule has 17 heavy (non-hydrogen) atoms. The summed E-state index contributed by atoms with van der Waals surface area (Å²) in [5.41, 5.74) is 6.86. The van der Waals surface area contributed by atoms with Crippen LogP contribution in [0.25, 0.3) is 0 Å². The summed E-state index contributed by atoms with van der Waals surface area (Å²) in [7, 11) is 0. The molecular weight excluding hydrogens is 206 g/mol. The van der Waals surface area contributed by atoms with Gasteiger partial charge in [-0.2, -0.15) is 0 Å². The molecule has 2 fully saturated rings. The van der Waals surface area contributed by atoms with Crippen LogP contribution in [0.5, 0.6) is 0 Å². The zero-order valence-electron chi connectivity index (χ0n) is 11.9. The van der Waals surface area contributed by atoms with Crippen molar-refractivity contribution in [1.29, 1.82) is 0 Å². The van der Waals surface area contributed by atoms with Gasteiger partial charge in [-0.25, -0.2) is 0 Å². The molecule has 100 valence electrons. The van der Waals surface area contributed by atoms with E-state index in [-0.39, 0.29) is 5.54 Å². The predicted molar refractivity (Wildman–Crippen MR) is 74.9 cm³/mol. The maximum Gasteiger partial charge on any atom is 0.0157 e. The Hall–Kier alpha value is -0.0400. The Morgan fingerprint density at radius 1 is 1.12 bits per heavy atom. The van der Waals surface area contributed by atoms with Crippen molar-refractivity contribution in [3.05, 3.63) is 0 Å². The third kappa shape index (κ3) is 3.71. The Bertz CT molecular complexity index is 230. The van der Waals surface area contributed by atoms with Crippen LogP contribution in [-0.4, -0.2) is 5.54 Å². The quantitative estimate of drug-likeness (QED) is 0.765. The van der Waals surface area contributed by atoms with Gasteiger partial charge in [0.05, 0.1) is 0 Å². The summed E-state index contributed by atoms with van der Waals surface area (Å²) in [6.45, 7) is 4.74.